The number of carbonyl (C=O) groups is 1. The van der Waals surface area contributed by atoms with Crippen molar-refractivity contribution in [2.75, 3.05) is 0 Å². The first-order valence-corrected chi connectivity index (χ1v) is 4.26. The highest BCUT2D eigenvalue weighted by molar-refractivity contribution is 7.82. The van der Waals surface area contributed by atoms with Gasteiger partial charge in [-0.2, -0.15) is 0 Å². The lowest BCUT2D eigenvalue weighted by Crippen LogP contribution is -2.44. The normalized spacial score (nSPS) is 14.9. The molecular weight excluding hydrogens is 186 g/mol. The van der Waals surface area contributed by atoms with Crippen LogP contribution in [-0.4, -0.2) is 15.9 Å². The average Bonchev–Trinajstić information content (AvgIpc) is 2.05. The minimum atomic E-state index is -1.48. The lowest BCUT2D eigenvalue weighted by Gasteiger charge is -2.17. The highest BCUT2D eigenvalue weighted by Crippen LogP contribution is 2.14. The van der Waals surface area contributed by atoms with Gasteiger partial charge < -0.3 is 10.8 Å². The Morgan fingerprint density at radius 3 is 2.46 bits per heavy atom. The van der Waals surface area contributed by atoms with E-state index in [1.165, 1.54) is 0 Å². The number of hydrogen-bond acceptors (Lipinski definition) is 3. The van der Waals surface area contributed by atoms with Gasteiger partial charge in [-0.05, 0) is 5.56 Å². The summed E-state index contributed by atoms with van der Waals surface area (Å²) in [7, 11) is 0. The minimum absolute atomic E-state index is 0.215. The van der Waals surface area contributed by atoms with Crippen LogP contribution in [0.3, 0.4) is 0 Å². The molecule has 4 heteroatoms. The van der Waals surface area contributed by atoms with E-state index in [2.05, 4.69) is 12.6 Å². The van der Waals surface area contributed by atoms with E-state index < -0.39 is 10.8 Å². The molecule has 1 aromatic carbocycles. The predicted octanol–water partition coefficient (Wildman–Crippen LogP) is 0.899. The molecule has 0 aliphatic carbocycles. The summed E-state index contributed by atoms with van der Waals surface area (Å²) in [4.78, 5) is 9.14. The Hall–Kier alpha value is -1.00. The van der Waals surface area contributed by atoms with Crippen LogP contribution in [0.2, 0.25) is 0 Å². The Bertz CT molecular complexity index is 298. The molecular formula is C9H11NO2S. The molecule has 0 bridgehead atoms. The minimum Gasteiger partial charge on any atom is -0.479 e. The predicted molar refractivity (Wildman–Crippen MR) is 53.7 cm³/mol. The van der Waals surface area contributed by atoms with Crippen LogP contribution in [0.15, 0.2) is 30.3 Å². The maximum absolute atomic E-state index is 10.6. The van der Waals surface area contributed by atoms with E-state index in [4.69, 9.17) is 10.8 Å². The van der Waals surface area contributed by atoms with Gasteiger partial charge in [0, 0.05) is 6.42 Å². The summed E-state index contributed by atoms with van der Waals surface area (Å²) in [5.41, 5.74) is 6.32. The number of nitrogens with two attached hydrogens (primary N) is 1. The van der Waals surface area contributed by atoms with Crippen molar-refractivity contribution >= 4 is 18.6 Å². The maximum atomic E-state index is 10.6. The van der Waals surface area contributed by atoms with Crippen LogP contribution in [0.4, 0.5) is 0 Å². The molecule has 0 aliphatic rings. The van der Waals surface area contributed by atoms with Crippen LogP contribution >= 0.6 is 12.6 Å². The number of benzene rings is 1. The molecule has 0 heterocycles. The summed E-state index contributed by atoms with van der Waals surface area (Å²) in [5.74, 6) is -1.11. The van der Waals surface area contributed by atoms with Crippen molar-refractivity contribution in [1.29, 1.82) is 0 Å². The standard InChI is InChI=1S/C9H11NO2S/c10-9(13,8(11)12)6-7-4-2-1-3-5-7/h1-5,13H,6,10H2,(H,11,12)/t9-/m0/s1. The van der Waals surface area contributed by atoms with Gasteiger partial charge in [-0.15, -0.1) is 12.6 Å². The summed E-state index contributed by atoms with van der Waals surface area (Å²) in [6.07, 6.45) is 0.215. The van der Waals surface area contributed by atoms with Gasteiger partial charge in [-0.3, -0.25) is 0 Å². The topological polar surface area (TPSA) is 63.3 Å². The fourth-order valence-electron chi connectivity index (χ4n) is 0.983. The van der Waals surface area contributed by atoms with Crippen molar-refractivity contribution in [2.24, 2.45) is 5.73 Å². The first-order valence-electron chi connectivity index (χ1n) is 3.81. The van der Waals surface area contributed by atoms with Crippen molar-refractivity contribution in [3.63, 3.8) is 0 Å². The fourth-order valence-corrected chi connectivity index (χ4v) is 1.17. The van der Waals surface area contributed by atoms with E-state index in [9.17, 15) is 4.79 Å². The van der Waals surface area contributed by atoms with Crippen molar-refractivity contribution in [2.45, 2.75) is 11.3 Å². The van der Waals surface area contributed by atoms with Gasteiger partial charge in [0.25, 0.3) is 0 Å². The Morgan fingerprint density at radius 1 is 1.46 bits per heavy atom. The number of thiol groups is 1. The van der Waals surface area contributed by atoms with Crippen LogP contribution in [-0.2, 0) is 11.2 Å². The first kappa shape index (κ1) is 10.1. The Labute approximate surface area is 82.0 Å². The molecule has 0 unspecified atom stereocenters. The van der Waals surface area contributed by atoms with Gasteiger partial charge in [-0.25, -0.2) is 4.79 Å². The average molecular weight is 197 g/mol. The molecule has 1 atom stereocenters. The second kappa shape index (κ2) is 3.81. The zero-order valence-electron chi connectivity index (χ0n) is 6.97. The Morgan fingerprint density at radius 2 is 2.00 bits per heavy atom. The maximum Gasteiger partial charge on any atom is 0.334 e. The van der Waals surface area contributed by atoms with E-state index >= 15 is 0 Å². The number of carboxylic acids is 1. The molecule has 0 radical (unpaired) electrons. The summed E-state index contributed by atoms with van der Waals surface area (Å²) < 4.78 is 0. The second-order valence-corrected chi connectivity index (χ2v) is 3.69. The molecule has 70 valence electrons. The van der Waals surface area contributed by atoms with Gasteiger partial charge in [0.05, 0.1) is 0 Å². The number of carboxylic acid groups (broad SMARTS) is 1. The quantitative estimate of drug-likeness (QED) is 0.498. The molecule has 0 aliphatic heterocycles. The zero-order chi connectivity index (χ0) is 9.90. The SMILES string of the molecule is N[C@](S)(Cc1ccccc1)C(=O)O. The van der Waals surface area contributed by atoms with Crippen molar-refractivity contribution in [1.82, 2.24) is 0 Å². The molecule has 13 heavy (non-hydrogen) atoms. The molecule has 0 spiro atoms. The number of hydrogen-bond donors (Lipinski definition) is 3. The lowest BCUT2D eigenvalue weighted by molar-refractivity contribution is -0.139. The zero-order valence-corrected chi connectivity index (χ0v) is 7.87. The van der Waals surface area contributed by atoms with Gasteiger partial charge in [-0.1, -0.05) is 30.3 Å². The molecule has 0 saturated heterocycles. The highest BCUT2D eigenvalue weighted by Gasteiger charge is 2.29. The number of rotatable bonds is 3. The van der Waals surface area contributed by atoms with E-state index in [1.807, 2.05) is 30.3 Å². The van der Waals surface area contributed by atoms with E-state index in [0.29, 0.717) is 0 Å². The van der Waals surface area contributed by atoms with Gasteiger partial charge in [0.2, 0.25) is 0 Å². The van der Waals surface area contributed by atoms with E-state index in [1.54, 1.807) is 0 Å². The Kier molecular flexibility index (Phi) is 2.95. The van der Waals surface area contributed by atoms with Crippen LogP contribution in [0, 0.1) is 0 Å². The fraction of sp³-hybridized carbons (Fsp3) is 0.222. The van der Waals surface area contributed by atoms with Crippen molar-refractivity contribution < 1.29 is 9.90 Å². The largest absolute Gasteiger partial charge is 0.479 e. The lowest BCUT2D eigenvalue weighted by atomic mass is 10.1. The molecule has 0 saturated carbocycles. The second-order valence-electron chi connectivity index (χ2n) is 2.89. The summed E-state index contributed by atoms with van der Waals surface area (Å²) in [5, 5.41) is 8.70. The number of aliphatic carboxylic acids is 1. The summed E-state index contributed by atoms with van der Waals surface area (Å²) >= 11 is 3.87. The van der Waals surface area contributed by atoms with E-state index in [-0.39, 0.29) is 6.42 Å². The molecule has 3 nitrogen and oxygen atoms in total. The van der Waals surface area contributed by atoms with E-state index in [0.717, 1.165) is 5.56 Å². The van der Waals surface area contributed by atoms with Gasteiger partial charge in [0.15, 0.2) is 4.87 Å². The third-order valence-electron chi connectivity index (χ3n) is 1.69. The monoisotopic (exact) mass is 197 g/mol. The molecule has 0 amide bonds. The third-order valence-corrected chi connectivity index (χ3v) is 2.04. The molecule has 0 aromatic heterocycles. The van der Waals surface area contributed by atoms with Crippen LogP contribution < -0.4 is 5.73 Å². The summed E-state index contributed by atoms with van der Waals surface area (Å²) in [6, 6.07) is 9.17. The van der Waals surface area contributed by atoms with Gasteiger partial charge >= 0.3 is 5.97 Å². The molecule has 0 fully saturated rings. The highest BCUT2D eigenvalue weighted by atomic mass is 32.1. The Balaban J connectivity index is 2.75. The first-order chi connectivity index (χ1) is 6.02. The smallest absolute Gasteiger partial charge is 0.334 e. The van der Waals surface area contributed by atoms with Gasteiger partial charge in [0.1, 0.15) is 0 Å². The third kappa shape index (κ3) is 2.75. The van der Waals surface area contributed by atoms with Crippen LogP contribution in [0.25, 0.3) is 0 Å². The molecule has 1 aromatic rings. The van der Waals surface area contributed by atoms with Crippen LogP contribution in [0.5, 0.6) is 0 Å². The molecule has 1 rings (SSSR count). The van der Waals surface area contributed by atoms with Crippen molar-refractivity contribution in [3.05, 3.63) is 35.9 Å². The van der Waals surface area contributed by atoms with Crippen LogP contribution in [0.1, 0.15) is 5.56 Å². The summed E-state index contributed by atoms with van der Waals surface area (Å²) in [6.45, 7) is 0. The van der Waals surface area contributed by atoms with Crippen molar-refractivity contribution in [3.8, 4) is 0 Å². The molecule has 3 N–H and O–H groups in total.